The number of halogens is 1. The zero-order valence-electron chi connectivity index (χ0n) is 18.6. The molecule has 0 aliphatic carbocycles. The van der Waals surface area contributed by atoms with E-state index in [0.717, 1.165) is 47.2 Å². The molecule has 0 amide bonds. The van der Waals surface area contributed by atoms with Gasteiger partial charge in [0.2, 0.25) is 0 Å². The number of hydrogen-bond donors (Lipinski definition) is 3. The predicted molar refractivity (Wildman–Crippen MR) is 128 cm³/mol. The second kappa shape index (κ2) is 10.8. The maximum Gasteiger partial charge on any atom is 0.123 e. The van der Waals surface area contributed by atoms with E-state index in [-0.39, 0.29) is 11.9 Å². The minimum Gasteiger partial charge on any atom is -0.398 e. The molecule has 2 aromatic carbocycles. The number of benzene rings is 2. The maximum atomic E-state index is 13.1. The molecule has 0 aromatic heterocycles. The summed E-state index contributed by atoms with van der Waals surface area (Å²) in [5, 5.41) is 12.2. The fraction of sp³-hybridized carbons (Fsp3) is 0.346. The van der Waals surface area contributed by atoms with Gasteiger partial charge in [0.25, 0.3) is 0 Å². The van der Waals surface area contributed by atoms with Gasteiger partial charge in [0.05, 0.1) is 5.71 Å². The van der Waals surface area contributed by atoms with Crippen molar-refractivity contribution in [2.45, 2.75) is 53.0 Å². The average Bonchev–Trinajstić information content (AvgIpc) is 2.71. The minimum atomic E-state index is -0.275. The van der Waals surface area contributed by atoms with Gasteiger partial charge in [0.15, 0.2) is 0 Å². The fourth-order valence-electron chi connectivity index (χ4n) is 3.24. The Morgan fingerprint density at radius 1 is 1.17 bits per heavy atom. The number of anilines is 1. The molecule has 3 nitrogen and oxygen atoms in total. The topological polar surface area (TPSA) is 61.9 Å². The molecule has 4 N–H and O–H groups in total. The van der Waals surface area contributed by atoms with Gasteiger partial charge in [-0.15, -0.1) is 0 Å². The average molecular weight is 408 g/mol. The Hall–Kier alpha value is -2.88. The summed E-state index contributed by atoms with van der Waals surface area (Å²) in [6.45, 7) is 12.9. The Bertz CT molecular complexity index is 911. The Morgan fingerprint density at radius 2 is 1.83 bits per heavy atom. The number of rotatable bonds is 10. The number of nitrogens with one attached hydrogen (secondary N) is 2. The molecule has 0 aliphatic rings. The van der Waals surface area contributed by atoms with Crippen LogP contribution in [-0.2, 0) is 6.42 Å². The van der Waals surface area contributed by atoms with Crippen LogP contribution in [0.4, 0.5) is 10.1 Å². The van der Waals surface area contributed by atoms with Gasteiger partial charge in [0.1, 0.15) is 5.82 Å². The molecule has 0 fully saturated rings. The molecule has 2 aromatic rings. The molecular formula is C26H34FN3. The van der Waals surface area contributed by atoms with E-state index in [9.17, 15) is 4.39 Å². The molecule has 160 valence electrons. The molecule has 0 bridgehead atoms. The van der Waals surface area contributed by atoms with Crippen molar-refractivity contribution in [1.29, 1.82) is 5.41 Å². The van der Waals surface area contributed by atoms with E-state index in [1.165, 1.54) is 12.1 Å². The lowest BCUT2D eigenvalue weighted by atomic mass is 9.90. The Morgan fingerprint density at radius 3 is 2.43 bits per heavy atom. The van der Waals surface area contributed by atoms with Crippen molar-refractivity contribution in [3.8, 4) is 0 Å². The minimum absolute atomic E-state index is 0.275. The highest BCUT2D eigenvalue weighted by Gasteiger charge is 2.17. The van der Waals surface area contributed by atoms with Crippen LogP contribution in [0.15, 0.2) is 49.1 Å². The molecule has 2 rings (SSSR count). The van der Waals surface area contributed by atoms with Gasteiger partial charge >= 0.3 is 0 Å². The van der Waals surface area contributed by atoms with Crippen molar-refractivity contribution in [2.75, 3.05) is 5.73 Å². The fourth-order valence-corrected chi connectivity index (χ4v) is 3.24. The first kappa shape index (κ1) is 23.4. The van der Waals surface area contributed by atoms with Gasteiger partial charge in [-0.05, 0) is 61.1 Å². The number of hydrogen-bond acceptors (Lipinski definition) is 3. The van der Waals surface area contributed by atoms with Crippen LogP contribution in [0, 0.1) is 17.1 Å². The van der Waals surface area contributed by atoms with Crippen LogP contribution in [0.25, 0.3) is 11.8 Å². The summed E-state index contributed by atoms with van der Waals surface area (Å²) in [5.41, 5.74) is 11.8. The molecule has 0 radical (unpaired) electrons. The summed E-state index contributed by atoms with van der Waals surface area (Å²) in [6.07, 6.45) is 6.42. The van der Waals surface area contributed by atoms with E-state index in [1.807, 2.05) is 18.2 Å². The maximum absolute atomic E-state index is 13.1. The first-order chi connectivity index (χ1) is 14.2. The van der Waals surface area contributed by atoms with Crippen LogP contribution in [0.1, 0.15) is 62.8 Å². The van der Waals surface area contributed by atoms with Gasteiger partial charge in [-0.3, -0.25) is 0 Å². The van der Waals surface area contributed by atoms with Gasteiger partial charge in [-0.25, -0.2) is 4.39 Å². The molecule has 4 heteroatoms. The lowest BCUT2D eigenvalue weighted by Crippen LogP contribution is -2.29. The molecule has 0 saturated carbocycles. The quantitative estimate of drug-likeness (QED) is 0.314. The molecule has 30 heavy (non-hydrogen) atoms. The van der Waals surface area contributed by atoms with Crippen molar-refractivity contribution in [3.63, 3.8) is 0 Å². The monoisotopic (exact) mass is 407 g/mol. The zero-order chi connectivity index (χ0) is 22.3. The van der Waals surface area contributed by atoms with E-state index in [0.29, 0.717) is 17.3 Å². The molecule has 1 unspecified atom stereocenters. The first-order valence-corrected chi connectivity index (χ1v) is 10.6. The van der Waals surface area contributed by atoms with Gasteiger partial charge in [-0.1, -0.05) is 58.0 Å². The summed E-state index contributed by atoms with van der Waals surface area (Å²) in [5.74, 6) is 0.202. The molecule has 0 aliphatic heterocycles. The number of nitrogens with two attached hydrogens (primary N) is 1. The van der Waals surface area contributed by atoms with Crippen LogP contribution in [0.3, 0.4) is 0 Å². The number of allylic oxidation sites excluding steroid dienone is 1. The first-order valence-electron chi connectivity index (χ1n) is 10.6. The summed E-state index contributed by atoms with van der Waals surface area (Å²) < 4.78 is 13.1. The molecular weight excluding hydrogens is 373 g/mol. The van der Waals surface area contributed by atoms with Crippen LogP contribution < -0.4 is 11.1 Å². The van der Waals surface area contributed by atoms with Crippen molar-refractivity contribution in [2.24, 2.45) is 5.92 Å². The largest absolute Gasteiger partial charge is 0.398 e. The molecule has 1 atom stereocenters. The van der Waals surface area contributed by atoms with Gasteiger partial charge in [-0.2, -0.15) is 0 Å². The normalized spacial score (nSPS) is 12.3. The zero-order valence-corrected chi connectivity index (χ0v) is 18.6. The van der Waals surface area contributed by atoms with Gasteiger partial charge in [0, 0.05) is 28.6 Å². The third kappa shape index (κ3) is 6.06. The Balaban J connectivity index is 2.42. The van der Waals surface area contributed by atoms with E-state index in [1.54, 1.807) is 18.2 Å². The predicted octanol–water partition coefficient (Wildman–Crippen LogP) is 6.44. The highest BCUT2D eigenvalue weighted by molar-refractivity contribution is 6.13. The highest BCUT2D eigenvalue weighted by Crippen LogP contribution is 2.28. The van der Waals surface area contributed by atoms with Crippen molar-refractivity contribution in [3.05, 3.63) is 77.1 Å². The van der Waals surface area contributed by atoms with Crippen molar-refractivity contribution in [1.82, 2.24) is 5.32 Å². The van der Waals surface area contributed by atoms with Crippen LogP contribution in [0.2, 0.25) is 0 Å². The standard InChI is InChI=1S/C26H34FN3/c1-6-7-8-23-22(19(5)30-18(4)17(2)3)14-16-25(29)26(23)24(28)15-11-20-9-12-21(27)13-10-20/h9-18,28,30H,5-8,29H2,1-4H3/b15-11+,28-24?. The number of unbranched alkanes of at least 4 members (excludes halogenated alkanes) is 1. The smallest absolute Gasteiger partial charge is 0.123 e. The Labute approximate surface area is 180 Å². The summed E-state index contributed by atoms with van der Waals surface area (Å²) >= 11 is 0. The van der Waals surface area contributed by atoms with Gasteiger partial charge < -0.3 is 16.5 Å². The lowest BCUT2D eigenvalue weighted by Gasteiger charge is -2.24. The summed E-state index contributed by atoms with van der Waals surface area (Å²) in [6, 6.07) is 10.4. The lowest BCUT2D eigenvalue weighted by molar-refractivity contribution is 0.480. The SMILES string of the molecule is C=C(NC(C)C(C)C)c1ccc(N)c(C(=N)/C=C/c2ccc(F)cc2)c1CCCC. The van der Waals surface area contributed by atoms with E-state index >= 15 is 0 Å². The summed E-state index contributed by atoms with van der Waals surface area (Å²) in [7, 11) is 0. The third-order valence-electron chi connectivity index (χ3n) is 5.43. The van der Waals surface area contributed by atoms with Crippen LogP contribution in [-0.4, -0.2) is 11.8 Å². The second-order valence-electron chi connectivity index (χ2n) is 8.11. The van der Waals surface area contributed by atoms with E-state index < -0.39 is 0 Å². The van der Waals surface area contributed by atoms with Crippen molar-refractivity contribution < 1.29 is 4.39 Å². The second-order valence-corrected chi connectivity index (χ2v) is 8.11. The number of nitrogen functional groups attached to an aromatic ring is 1. The van der Waals surface area contributed by atoms with Crippen LogP contribution >= 0.6 is 0 Å². The highest BCUT2D eigenvalue weighted by atomic mass is 19.1. The van der Waals surface area contributed by atoms with Crippen molar-refractivity contribution >= 4 is 23.2 Å². The Kier molecular flexibility index (Phi) is 8.40. The molecule has 0 spiro atoms. The van der Waals surface area contributed by atoms with E-state index in [2.05, 4.69) is 39.6 Å². The van der Waals surface area contributed by atoms with Crippen LogP contribution in [0.5, 0.6) is 0 Å². The molecule has 0 saturated heterocycles. The summed E-state index contributed by atoms with van der Waals surface area (Å²) in [4.78, 5) is 0. The molecule has 0 heterocycles. The van der Waals surface area contributed by atoms with E-state index in [4.69, 9.17) is 11.1 Å². The third-order valence-corrected chi connectivity index (χ3v) is 5.43.